The molecule has 0 spiro atoms. The minimum absolute atomic E-state index is 0.168. The molecule has 0 aliphatic heterocycles. The first-order valence-electron chi connectivity index (χ1n) is 6.82. The molecule has 0 radical (unpaired) electrons. The van der Waals surface area contributed by atoms with Gasteiger partial charge in [0.2, 0.25) is 0 Å². The van der Waals surface area contributed by atoms with Crippen molar-refractivity contribution in [3.05, 3.63) is 53.3 Å². The van der Waals surface area contributed by atoms with E-state index >= 15 is 0 Å². The summed E-state index contributed by atoms with van der Waals surface area (Å²) in [6.45, 7) is 4.70. The van der Waals surface area contributed by atoms with E-state index in [1.54, 1.807) is 23.1 Å². The Hall–Kier alpha value is -2.56. The number of aromatic nitrogens is 1. The predicted molar refractivity (Wildman–Crippen MR) is 81.9 cm³/mol. The molecule has 0 bridgehead atoms. The number of amides is 1. The van der Waals surface area contributed by atoms with E-state index in [0.717, 1.165) is 11.4 Å². The minimum atomic E-state index is -0.259. The molecule has 5 nitrogen and oxygen atoms in total. The lowest BCUT2D eigenvalue weighted by molar-refractivity contribution is 0.0747. The van der Waals surface area contributed by atoms with E-state index < -0.39 is 0 Å². The smallest absolute Gasteiger partial charge is 0.258 e. The Labute approximate surface area is 124 Å². The van der Waals surface area contributed by atoms with Crippen molar-refractivity contribution >= 4 is 11.6 Å². The van der Waals surface area contributed by atoms with Crippen LogP contribution in [0.1, 0.15) is 28.7 Å². The Morgan fingerprint density at radius 1 is 1.29 bits per heavy atom. The number of carbonyl (C=O) groups excluding carboxylic acids is 1. The molecule has 110 valence electrons. The van der Waals surface area contributed by atoms with Gasteiger partial charge in [0, 0.05) is 12.2 Å². The quantitative estimate of drug-likeness (QED) is 0.667. The minimum Gasteiger partial charge on any atom is -0.505 e. The summed E-state index contributed by atoms with van der Waals surface area (Å²) < 4.78 is 0. The molecular formula is C16H19N3O2. The molecule has 1 aromatic heterocycles. The lowest BCUT2D eigenvalue weighted by Crippen LogP contribution is -2.30. The number of anilines is 1. The standard InChI is InChI=1S/C16H19N3O2/c1-3-19(10-12-7-4-6-11(2)18-12)16(21)13-8-5-9-14(17)15(13)20/h4-9,20H,3,10,17H2,1-2H3. The third-order valence-corrected chi connectivity index (χ3v) is 3.27. The molecule has 1 amide bonds. The lowest BCUT2D eigenvalue weighted by atomic mass is 10.1. The summed E-state index contributed by atoms with van der Waals surface area (Å²) in [4.78, 5) is 18.5. The van der Waals surface area contributed by atoms with Crippen LogP contribution in [0.25, 0.3) is 0 Å². The number of para-hydroxylation sites is 1. The lowest BCUT2D eigenvalue weighted by Gasteiger charge is -2.21. The fraction of sp³-hybridized carbons (Fsp3) is 0.250. The summed E-state index contributed by atoms with van der Waals surface area (Å²) in [6, 6.07) is 10.5. The van der Waals surface area contributed by atoms with E-state index in [9.17, 15) is 9.90 Å². The van der Waals surface area contributed by atoms with Gasteiger partial charge in [-0.05, 0) is 38.1 Å². The summed E-state index contributed by atoms with van der Waals surface area (Å²) in [6.07, 6.45) is 0. The van der Waals surface area contributed by atoms with Crippen LogP contribution >= 0.6 is 0 Å². The Kier molecular flexibility index (Phi) is 4.42. The zero-order chi connectivity index (χ0) is 15.4. The average molecular weight is 285 g/mol. The summed E-state index contributed by atoms with van der Waals surface area (Å²) in [7, 11) is 0. The van der Waals surface area contributed by atoms with E-state index in [1.807, 2.05) is 32.0 Å². The number of aromatic hydroxyl groups is 1. The number of hydrogen-bond donors (Lipinski definition) is 2. The number of nitrogens with two attached hydrogens (primary N) is 1. The van der Waals surface area contributed by atoms with Crippen LogP contribution in [0.5, 0.6) is 5.75 Å². The molecule has 0 fully saturated rings. The molecule has 0 aliphatic rings. The number of phenolic OH excluding ortho intramolecular Hbond substituents is 1. The van der Waals surface area contributed by atoms with Gasteiger partial charge in [-0.25, -0.2) is 0 Å². The third kappa shape index (κ3) is 3.31. The van der Waals surface area contributed by atoms with E-state index in [0.29, 0.717) is 13.1 Å². The maximum absolute atomic E-state index is 12.5. The first-order chi connectivity index (χ1) is 10.0. The molecule has 0 atom stereocenters. The number of hydrogen-bond acceptors (Lipinski definition) is 4. The fourth-order valence-corrected chi connectivity index (χ4v) is 2.11. The summed E-state index contributed by atoms with van der Waals surface area (Å²) in [5, 5.41) is 9.93. The van der Waals surface area contributed by atoms with Crippen molar-refractivity contribution in [2.45, 2.75) is 20.4 Å². The zero-order valence-electron chi connectivity index (χ0n) is 12.2. The molecule has 0 aliphatic carbocycles. The monoisotopic (exact) mass is 285 g/mol. The van der Waals surface area contributed by atoms with Crippen molar-refractivity contribution in [2.24, 2.45) is 0 Å². The molecule has 3 N–H and O–H groups in total. The first-order valence-corrected chi connectivity index (χ1v) is 6.82. The molecule has 2 aromatic rings. The maximum Gasteiger partial charge on any atom is 0.258 e. The molecule has 5 heteroatoms. The molecule has 1 aromatic carbocycles. The van der Waals surface area contributed by atoms with Gasteiger partial charge < -0.3 is 15.7 Å². The summed E-state index contributed by atoms with van der Waals surface area (Å²) >= 11 is 0. The van der Waals surface area contributed by atoms with Crippen LogP contribution < -0.4 is 5.73 Å². The number of benzene rings is 1. The number of aryl methyl sites for hydroxylation is 1. The van der Waals surface area contributed by atoms with Gasteiger partial charge in [-0.1, -0.05) is 12.1 Å². The second-order valence-corrected chi connectivity index (χ2v) is 4.83. The second kappa shape index (κ2) is 6.26. The highest BCUT2D eigenvalue weighted by atomic mass is 16.3. The Balaban J connectivity index is 2.25. The van der Waals surface area contributed by atoms with Gasteiger partial charge in [-0.15, -0.1) is 0 Å². The van der Waals surface area contributed by atoms with Crippen LogP contribution in [0.2, 0.25) is 0 Å². The zero-order valence-corrected chi connectivity index (χ0v) is 12.2. The molecular weight excluding hydrogens is 266 g/mol. The van der Waals surface area contributed by atoms with Crippen LogP contribution in [-0.2, 0) is 6.54 Å². The second-order valence-electron chi connectivity index (χ2n) is 4.83. The Morgan fingerprint density at radius 3 is 2.67 bits per heavy atom. The normalized spacial score (nSPS) is 10.4. The summed E-state index contributed by atoms with van der Waals surface area (Å²) in [5.74, 6) is -0.427. The first kappa shape index (κ1) is 14.8. The number of carbonyl (C=O) groups is 1. The topological polar surface area (TPSA) is 79.5 Å². The van der Waals surface area contributed by atoms with Crippen molar-refractivity contribution in [1.82, 2.24) is 9.88 Å². The highest BCUT2D eigenvalue weighted by Gasteiger charge is 2.19. The largest absolute Gasteiger partial charge is 0.505 e. The van der Waals surface area contributed by atoms with Crippen molar-refractivity contribution in [2.75, 3.05) is 12.3 Å². The number of rotatable bonds is 4. The molecule has 0 unspecified atom stereocenters. The van der Waals surface area contributed by atoms with Gasteiger partial charge in [0.1, 0.15) is 0 Å². The van der Waals surface area contributed by atoms with Gasteiger partial charge in [0.05, 0.1) is 23.5 Å². The number of nitrogens with zero attached hydrogens (tertiary/aromatic N) is 2. The van der Waals surface area contributed by atoms with Gasteiger partial charge in [0.25, 0.3) is 5.91 Å². The van der Waals surface area contributed by atoms with E-state index in [-0.39, 0.29) is 22.9 Å². The number of phenols is 1. The van der Waals surface area contributed by atoms with Crippen molar-refractivity contribution in [3.63, 3.8) is 0 Å². The maximum atomic E-state index is 12.5. The van der Waals surface area contributed by atoms with Gasteiger partial charge in [0.15, 0.2) is 5.75 Å². The van der Waals surface area contributed by atoms with E-state index in [2.05, 4.69) is 4.98 Å². The predicted octanol–water partition coefficient (Wildman–Crippen LogP) is 2.34. The molecule has 0 saturated carbocycles. The Morgan fingerprint density at radius 2 is 2.00 bits per heavy atom. The van der Waals surface area contributed by atoms with Gasteiger partial charge >= 0.3 is 0 Å². The van der Waals surface area contributed by atoms with E-state index in [4.69, 9.17) is 5.73 Å². The highest BCUT2D eigenvalue weighted by molar-refractivity contribution is 5.98. The molecule has 2 rings (SSSR count). The number of nitrogen functional groups attached to an aromatic ring is 1. The average Bonchev–Trinajstić information content (AvgIpc) is 2.47. The molecule has 21 heavy (non-hydrogen) atoms. The van der Waals surface area contributed by atoms with Crippen molar-refractivity contribution in [3.8, 4) is 5.75 Å². The summed E-state index contributed by atoms with van der Waals surface area (Å²) in [5.41, 5.74) is 7.77. The van der Waals surface area contributed by atoms with Crippen LogP contribution in [0, 0.1) is 6.92 Å². The van der Waals surface area contributed by atoms with Crippen molar-refractivity contribution < 1.29 is 9.90 Å². The highest BCUT2D eigenvalue weighted by Crippen LogP contribution is 2.26. The van der Waals surface area contributed by atoms with Crippen molar-refractivity contribution in [1.29, 1.82) is 0 Å². The van der Waals surface area contributed by atoms with Gasteiger partial charge in [-0.2, -0.15) is 0 Å². The molecule has 1 heterocycles. The number of pyridine rings is 1. The van der Waals surface area contributed by atoms with Crippen LogP contribution in [-0.4, -0.2) is 27.4 Å². The van der Waals surface area contributed by atoms with Crippen LogP contribution in [0.15, 0.2) is 36.4 Å². The molecule has 0 saturated heterocycles. The van der Waals surface area contributed by atoms with E-state index in [1.165, 1.54) is 0 Å². The fourth-order valence-electron chi connectivity index (χ4n) is 2.11. The van der Waals surface area contributed by atoms with Crippen LogP contribution in [0.3, 0.4) is 0 Å². The SMILES string of the molecule is CCN(Cc1cccc(C)n1)C(=O)c1cccc(N)c1O. The van der Waals surface area contributed by atoms with Crippen LogP contribution in [0.4, 0.5) is 5.69 Å². The third-order valence-electron chi connectivity index (χ3n) is 3.27. The van der Waals surface area contributed by atoms with Gasteiger partial charge in [-0.3, -0.25) is 9.78 Å². The Bertz CT molecular complexity index is 656.